The van der Waals surface area contributed by atoms with Gasteiger partial charge in [0.1, 0.15) is 6.29 Å². The molecular weight excluding hydrogens is 278 g/mol. The summed E-state index contributed by atoms with van der Waals surface area (Å²) in [5.74, 6) is 0. The minimum Gasteiger partial charge on any atom is -0.395 e. The molecule has 0 aliphatic rings. The molecule has 0 spiro atoms. The Balaban J connectivity index is 2.06. The van der Waals surface area contributed by atoms with Gasteiger partial charge in [0.25, 0.3) is 0 Å². The third-order valence-corrected chi connectivity index (χ3v) is 3.28. The van der Waals surface area contributed by atoms with Crippen LogP contribution in [0, 0.1) is 0 Å². The Morgan fingerprint density at radius 3 is 2.00 bits per heavy atom. The molecule has 114 valence electrons. The van der Waals surface area contributed by atoms with Gasteiger partial charge in [0.2, 0.25) is 0 Å². The van der Waals surface area contributed by atoms with Gasteiger partial charge < -0.3 is 10.0 Å². The molecule has 0 aromatic heterocycles. The molecule has 2 rings (SSSR count). The molecule has 1 N–H and O–H groups in total. The highest BCUT2D eigenvalue weighted by Gasteiger charge is 2.02. The molecular formula is C17H19N3O2. The Morgan fingerprint density at radius 2 is 1.55 bits per heavy atom. The average molecular weight is 297 g/mol. The summed E-state index contributed by atoms with van der Waals surface area (Å²) in [6, 6.07) is 14.6. The van der Waals surface area contributed by atoms with E-state index < -0.39 is 0 Å². The van der Waals surface area contributed by atoms with Crippen LogP contribution in [0.4, 0.5) is 17.1 Å². The van der Waals surface area contributed by atoms with Crippen LogP contribution in [-0.4, -0.2) is 31.1 Å². The number of likely N-dealkylation sites (N-methyl/N-ethyl adjacent to an activating group) is 1. The lowest BCUT2D eigenvalue weighted by molar-refractivity contribution is 0.112. The van der Waals surface area contributed by atoms with Crippen molar-refractivity contribution in [2.75, 3.05) is 24.6 Å². The molecule has 2 aromatic rings. The lowest BCUT2D eigenvalue weighted by Crippen LogP contribution is -2.25. The maximum Gasteiger partial charge on any atom is 0.150 e. The number of hydrogen-bond donors (Lipinski definition) is 1. The van der Waals surface area contributed by atoms with Crippen LogP contribution in [0.1, 0.15) is 17.3 Å². The van der Waals surface area contributed by atoms with Gasteiger partial charge in [0.15, 0.2) is 0 Å². The van der Waals surface area contributed by atoms with Crippen molar-refractivity contribution in [1.82, 2.24) is 0 Å². The van der Waals surface area contributed by atoms with E-state index in [4.69, 9.17) is 5.11 Å². The maximum atomic E-state index is 10.6. The lowest BCUT2D eigenvalue weighted by Gasteiger charge is -2.21. The molecule has 0 aliphatic carbocycles. The van der Waals surface area contributed by atoms with Crippen molar-refractivity contribution in [2.45, 2.75) is 6.92 Å². The van der Waals surface area contributed by atoms with Gasteiger partial charge >= 0.3 is 0 Å². The number of nitrogens with zero attached hydrogens (tertiary/aromatic N) is 3. The topological polar surface area (TPSA) is 65.3 Å². The van der Waals surface area contributed by atoms with Crippen LogP contribution in [0.15, 0.2) is 58.8 Å². The second-order valence-electron chi connectivity index (χ2n) is 4.73. The van der Waals surface area contributed by atoms with Crippen molar-refractivity contribution in [3.8, 4) is 0 Å². The average Bonchev–Trinajstić information content (AvgIpc) is 2.59. The van der Waals surface area contributed by atoms with Crippen LogP contribution in [0.25, 0.3) is 0 Å². The van der Waals surface area contributed by atoms with Crippen molar-refractivity contribution in [3.63, 3.8) is 0 Å². The largest absolute Gasteiger partial charge is 0.395 e. The monoisotopic (exact) mass is 297 g/mol. The first-order chi connectivity index (χ1) is 10.8. The standard InChI is InChI=1S/C17H19N3O2/c1-2-20(11-12-21)17-9-7-16(8-10-17)19-18-15-5-3-14(13-22)4-6-15/h3-10,13,21H,2,11-12H2,1H3. The SMILES string of the molecule is CCN(CCO)c1ccc(N=Nc2ccc(C=O)cc2)cc1. The summed E-state index contributed by atoms with van der Waals surface area (Å²) in [4.78, 5) is 12.7. The van der Waals surface area contributed by atoms with E-state index in [1.54, 1.807) is 24.3 Å². The van der Waals surface area contributed by atoms with Gasteiger partial charge in [-0.25, -0.2) is 0 Å². The second kappa shape index (κ2) is 8.05. The van der Waals surface area contributed by atoms with Crippen molar-refractivity contribution in [3.05, 3.63) is 54.1 Å². The third kappa shape index (κ3) is 4.23. The summed E-state index contributed by atoms with van der Waals surface area (Å²) in [6.07, 6.45) is 0.797. The van der Waals surface area contributed by atoms with Gasteiger partial charge in [-0.1, -0.05) is 0 Å². The summed E-state index contributed by atoms with van der Waals surface area (Å²) in [7, 11) is 0. The van der Waals surface area contributed by atoms with Crippen molar-refractivity contribution < 1.29 is 9.90 Å². The molecule has 0 radical (unpaired) electrons. The van der Waals surface area contributed by atoms with Crippen molar-refractivity contribution in [2.24, 2.45) is 10.2 Å². The fraction of sp³-hybridized carbons (Fsp3) is 0.235. The van der Waals surface area contributed by atoms with E-state index >= 15 is 0 Å². The number of hydrogen-bond acceptors (Lipinski definition) is 5. The fourth-order valence-corrected chi connectivity index (χ4v) is 2.06. The Bertz CT molecular complexity index is 621. The molecule has 0 atom stereocenters. The molecule has 5 heteroatoms. The zero-order chi connectivity index (χ0) is 15.8. The summed E-state index contributed by atoms with van der Waals surface area (Å²) in [5.41, 5.74) is 3.12. The van der Waals surface area contributed by atoms with Crippen LogP contribution in [0.2, 0.25) is 0 Å². The van der Waals surface area contributed by atoms with Crippen LogP contribution in [0.5, 0.6) is 0 Å². The highest BCUT2D eigenvalue weighted by atomic mass is 16.3. The molecule has 2 aromatic carbocycles. The predicted molar refractivity (Wildman–Crippen MR) is 87.4 cm³/mol. The Kier molecular flexibility index (Phi) is 5.80. The quantitative estimate of drug-likeness (QED) is 0.625. The molecule has 5 nitrogen and oxygen atoms in total. The minimum atomic E-state index is 0.131. The summed E-state index contributed by atoms with van der Waals surface area (Å²) >= 11 is 0. The smallest absolute Gasteiger partial charge is 0.150 e. The number of azo groups is 1. The van der Waals surface area contributed by atoms with Gasteiger partial charge in [0.05, 0.1) is 18.0 Å². The molecule has 0 heterocycles. The molecule has 22 heavy (non-hydrogen) atoms. The molecule has 0 fully saturated rings. The van der Waals surface area contributed by atoms with Crippen LogP contribution >= 0.6 is 0 Å². The second-order valence-corrected chi connectivity index (χ2v) is 4.73. The van der Waals surface area contributed by atoms with Gasteiger partial charge in [0, 0.05) is 24.3 Å². The Labute approximate surface area is 129 Å². The number of carbonyl (C=O) groups excluding carboxylic acids is 1. The molecule has 0 amide bonds. The predicted octanol–water partition coefficient (Wildman–Crippen LogP) is 3.73. The Morgan fingerprint density at radius 1 is 1.00 bits per heavy atom. The molecule has 0 aliphatic heterocycles. The summed E-state index contributed by atoms with van der Waals surface area (Å²) in [5, 5.41) is 17.3. The minimum absolute atomic E-state index is 0.131. The van der Waals surface area contributed by atoms with Crippen molar-refractivity contribution in [1.29, 1.82) is 0 Å². The number of benzene rings is 2. The van der Waals surface area contributed by atoms with E-state index in [9.17, 15) is 4.79 Å². The van der Waals surface area contributed by atoms with E-state index in [1.165, 1.54) is 0 Å². The summed E-state index contributed by atoms with van der Waals surface area (Å²) < 4.78 is 0. The number of carbonyl (C=O) groups is 1. The van der Waals surface area contributed by atoms with Gasteiger partial charge in [-0.05, 0) is 55.5 Å². The maximum absolute atomic E-state index is 10.6. The zero-order valence-electron chi connectivity index (χ0n) is 12.5. The Hall–Kier alpha value is -2.53. The van der Waals surface area contributed by atoms with Gasteiger partial charge in [-0.3, -0.25) is 4.79 Å². The van der Waals surface area contributed by atoms with Crippen LogP contribution in [0.3, 0.4) is 0 Å². The highest BCUT2D eigenvalue weighted by molar-refractivity contribution is 5.75. The first-order valence-corrected chi connectivity index (χ1v) is 7.19. The van der Waals surface area contributed by atoms with E-state index in [1.807, 2.05) is 31.2 Å². The summed E-state index contributed by atoms with van der Waals surface area (Å²) in [6.45, 7) is 3.63. The number of aliphatic hydroxyl groups excluding tert-OH is 1. The lowest BCUT2D eigenvalue weighted by atomic mass is 10.2. The number of aliphatic hydroxyl groups is 1. The normalized spacial score (nSPS) is 10.8. The highest BCUT2D eigenvalue weighted by Crippen LogP contribution is 2.22. The van der Waals surface area contributed by atoms with Gasteiger partial charge in [-0.2, -0.15) is 10.2 Å². The molecule has 0 bridgehead atoms. The first-order valence-electron chi connectivity index (χ1n) is 7.19. The molecule has 0 saturated heterocycles. The van der Waals surface area contributed by atoms with E-state index in [0.29, 0.717) is 17.8 Å². The van der Waals surface area contributed by atoms with Gasteiger partial charge in [-0.15, -0.1) is 0 Å². The van der Waals surface area contributed by atoms with E-state index in [-0.39, 0.29) is 6.61 Å². The molecule has 0 saturated carbocycles. The number of anilines is 1. The molecule has 0 unspecified atom stereocenters. The van der Waals surface area contributed by atoms with Crippen molar-refractivity contribution >= 4 is 23.3 Å². The van der Waals surface area contributed by atoms with Crippen LogP contribution < -0.4 is 4.90 Å². The fourth-order valence-electron chi connectivity index (χ4n) is 2.06. The number of aldehydes is 1. The van der Waals surface area contributed by atoms with Crippen LogP contribution in [-0.2, 0) is 0 Å². The number of rotatable bonds is 7. The van der Waals surface area contributed by atoms with E-state index in [0.717, 1.165) is 24.2 Å². The zero-order valence-corrected chi connectivity index (χ0v) is 12.5. The van der Waals surface area contributed by atoms with E-state index in [2.05, 4.69) is 15.1 Å². The third-order valence-electron chi connectivity index (χ3n) is 3.28. The first kappa shape index (κ1) is 15.9.